The average molecular weight is 208 g/mol. The van der Waals surface area contributed by atoms with Crippen LogP contribution in [0.25, 0.3) is 0 Å². The van der Waals surface area contributed by atoms with Crippen LogP contribution in [0, 0.1) is 0 Å². The van der Waals surface area contributed by atoms with E-state index in [0.717, 1.165) is 0 Å². The summed E-state index contributed by atoms with van der Waals surface area (Å²) in [5.74, 6) is 3.49. The molecule has 14 heavy (non-hydrogen) atoms. The van der Waals surface area contributed by atoms with E-state index in [1.165, 1.54) is 0 Å². The number of hydrogen-bond donors (Lipinski definition) is 6. The molecule has 0 saturated carbocycles. The summed E-state index contributed by atoms with van der Waals surface area (Å²) in [6, 6.07) is 0. The van der Waals surface area contributed by atoms with Crippen LogP contribution in [-0.4, -0.2) is 34.0 Å². The Morgan fingerprint density at radius 3 is 1.07 bits per heavy atom. The molecule has 0 heterocycles. The van der Waals surface area contributed by atoms with Gasteiger partial charge in [0.25, 0.3) is 0 Å². The molecule has 0 radical (unpaired) electrons. The summed E-state index contributed by atoms with van der Waals surface area (Å²) in [5.41, 5.74) is 3.17. The zero-order chi connectivity index (χ0) is 11.7. The standard InChI is InChI=1S/C2H6N4O2.C2H2O4/c3-5-1(7)2(8)6-4;3-1(4)2(5)6/h3-4H2,(H,5,7)(H,6,8);(H,3,4)(H,5,6). The molecule has 0 aromatic heterocycles. The number of nitrogens with two attached hydrogens (primary N) is 2. The highest BCUT2D eigenvalue weighted by Gasteiger charge is 2.07. The van der Waals surface area contributed by atoms with Gasteiger partial charge in [-0.05, 0) is 0 Å². The van der Waals surface area contributed by atoms with E-state index in [-0.39, 0.29) is 0 Å². The van der Waals surface area contributed by atoms with Gasteiger partial charge in [-0.1, -0.05) is 0 Å². The van der Waals surface area contributed by atoms with E-state index in [4.69, 9.17) is 19.8 Å². The lowest BCUT2D eigenvalue weighted by Crippen LogP contribution is -2.45. The summed E-state index contributed by atoms with van der Waals surface area (Å²) in [6.07, 6.45) is 0. The van der Waals surface area contributed by atoms with Gasteiger partial charge >= 0.3 is 23.8 Å². The topological polar surface area (TPSA) is 185 Å². The molecule has 2 amide bonds. The van der Waals surface area contributed by atoms with Gasteiger partial charge in [0.2, 0.25) is 0 Å². The van der Waals surface area contributed by atoms with Gasteiger partial charge in [0.15, 0.2) is 0 Å². The van der Waals surface area contributed by atoms with Crippen LogP contribution in [0.4, 0.5) is 0 Å². The van der Waals surface area contributed by atoms with Crippen molar-refractivity contribution in [1.29, 1.82) is 0 Å². The summed E-state index contributed by atoms with van der Waals surface area (Å²) in [7, 11) is 0. The fourth-order valence-corrected chi connectivity index (χ4v) is 0.131. The Bertz CT molecular complexity index is 224. The smallest absolute Gasteiger partial charge is 0.414 e. The summed E-state index contributed by atoms with van der Waals surface area (Å²) < 4.78 is 0. The fourth-order valence-electron chi connectivity index (χ4n) is 0.131. The number of carbonyl (C=O) groups is 4. The maximum Gasteiger partial charge on any atom is 0.414 e. The van der Waals surface area contributed by atoms with Gasteiger partial charge in [0.05, 0.1) is 0 Å². The van der Waals surface area contributed by atoms with Crippen molar-refractivity contribution < 1.29 is 29.4 Å². The first-order valence-corrected chi connectivity index (χ1v) is 2.84. The minimum absolute atomic E-state index is 0.965. The largest absolute Gasteiger partial charge is 0.473 e. The summed E-state index contributed by atoms with van der Waals surface area (Å²) in [5, 5.41) is 14.8. The highest BCUT2D eigenvalue weighted by molar-refractivity contribution is 6.34. The Morgan fingerprint density at radius 1 is 0.786 bits per heavy atom. The predicted molar refractivity (Wildman–Crippen MR) is 39.9 cm³/mol. The molecule has 0 rings (SSSR count). The Hall–Kier alpha value is -2.20. The van der Waals surface area contributed by atoms with Crippen LogP contribution in [0.2, 0.25) is 0 Å². The maximum atomic E-state index is 10.0. The van der Waals surface area contributed by atoms with Crippen molar-refractivity contribution in [2.45, 2.75) is 0 Å². The van der Waals surface area contributed by atoms with Crippen molar-refractivity contribution >= 4 is 23.8 Å². The molecule has 0 spiro atoms. The second-order valence-electron chi connectivity index (χ2n) is 1.56. The van der Waals surface area contributed by atoms with Gasteiger partial charge in [-0.15, -0.1) is 0 Å². The van der Waals surface area contributed by atoms with E-state index in [1.54, 1.807) is 10.9 Å². The van der Waals surface area contributed by atoms with Crippen molar-refractivity contribution in [2.24, 2.45) is 11.7 Å². The van der Waals surface area contributed by atoms with E-state index >= 15 is 0 Å². The maximum absolute atomic E-state index is 10.0. The summed E-state index contributed by atoms with van der Waals surface area (Å²) in [6.45, 7) is 0. The monoisotopic (exact) mass is 208 g/mol. The zero-order valence-electron chi connectivity index (χ0n) is 6.68. The first-order valence-electron chi connectivity index (χ1n) is 2.84. The number of hydrogen-bond acceptors (Lipinski definition) is 6. The highest BCUT2D eigenvalue weighted by Crippen LogP contribution is 1.56. The summed E-state index contributed by atoms with van der Waals surface area (Å²) in [4.78, 5) is 38.2. The number of carboxylic acid groups (broad SMARTS) is 2. The molecule has 0 aliphatic rings. The molecule has 10 heteroatoms. The van der Waals surface area contributed by atoms with Crippen molar-refractivity contribution in [1.82, 2.24) is 10.9 Å². The minimum atomic E-state index is -1.82. The SMILES string of the molecule is NNC(=O)C(=O)NN.O=C(O)C(=O)O. The Kier molecular flexibility index (Phi) is 7.63. The molecular weight excluding hydrogens is 200 g/mol. The van der Waals surface area contributed by atoms with E-state index in [9.17, 15) is 9.59 Å². The van der Waals surface area contributed by atoms with Crippen LogP contribution in [-0.2, 0) is 19.2 Å². The molecule has 0 bridgehead atoms. The van der Waals surface area contributed by atoms with Crippen molar-refractivity contribution in [2.75, 3.05) is 0 Å². The molecule has 80 valence electrons. The molecule has 0 aliphatic carbocycles. The normalized spacial score (nSPS) is 7.57. The zero-order valence-corrected chi connectivity index (χ0v) is 6.68. The van der Waals surface area contributed by atoms with Gasteiger partial charge in [-0.2, -0.15) is 0 Å². The van der Waals surface area contributed by atoms with Crippen LogP contribution in [0.3, 0.4) is 0 Å². The lowest BCUT2D eigenvalue weighted by molar-refractivity contribution is -0.159. The van der Waals surface area contributed by atoms with Gasteiger partial charge in [0.1, 0.15) is 0 Å². The average Bonchev–Trinajstić information content (AvgIpc) is 2.16. The van der Waals surface area contributed by atoms with E-state index < -0.39 is 23.8 Å². The van der Waals surface area contributed by atoms with Crippen molar-refractivity contribution in [3.05, 3.63) is 0 Å². The molecule has 0 aromatic carbocycles. The van der Waals surface area contributed by atoms with Crippen molar-refractivity contribution in [3.63, 3.8) is 0 Å². The number of hydrazine groups is 2. The first-order chi connectivity index (χ1) is 6.36. The third-order valence-corrected chi connectivity index (χ3v) is 0.651. The molecule has 0 aliphatic heterocycles. The Labute approximate surface area is 76.8 Å². The van der Waals surface area contributed by atoms with Gasteiger partial charge in [-0.25, -0.2) is 21.3 Å². The van der Waals surface area contributed by atoms with Gasteiger partial charge in [0, 0.05) is 0 Å². The second-order valence-corrected chi connectivity index (χ2v) is 1.56. The molecule has 0 unspecified atom stereocenters. The van der Waals surface area contributed by atoms with Crippen LogP contribution < -0.4 is 22.5 Å². The Morgan fingerprint density at radius 2 is 1.00 bits per heavy atom. The van der Waals surface area contributed by atoms with Crippen molar-refractivity contribution in [3.8, 4) is 0 Å². The fraction of sp³-hybridized carbons (Fsp3) is 0. The summed E-state index contributed by atoms with van der Waals surface area (Å²) >= 11 is 0. The lowest BCUT2D eigenvalue weighted by atomic mass is 10.6. The minimum Gasteiger partial charge on any atom is -0.473 e. The molecule has 0 atom stereocenters. The third kappa shape index (κ3) is 7.90. The lowest BCUT2D eigenvalue weighted by Gasteiger charge is -1.93. The van der Waals surface area contributed by atoms with Crippen LogP contribution in [0.15, 0.2) is 0 Å². The number of amides is 2. The quantitative estimate of drug-likeness (QED) is 0.101. The number of carboxylic acids is 2. The molecule has 10 nitrogen and oxygen atoms in total. The highest BCUT2D eigenvalue weighted by atomic mass is 16.4. The Balaban J connectivity index is 0. The van der Waals surface area contributed by atoms with E-state index in [1.807, 2.05) is 0 Å². The number of carbonyl (C=O) groups excluding carboxylic acids is 2. The van der Waals surface area contributed by atoms with Gasteiger partial charge < -0.3 is 10.2 Å². The predicted octanol–water partition coefficient (Wildman–Crippen LogP) is -3.88. The third-order valence-electron chi connectivity index (χ3n) is 0.651. The van der Waals surface area contributed by atoms with Crippen LogP contribution in [0.5, 0.6) is 0 Å². The molecule has 0 aromatic rings. The molecular formula is C4H8N4O6. The molecule has 0 fully saturated rings. The molecule has 0 saturated heterocycles. The van der Waals surface area contributed by atoms with Crippen LogP contribution >= 0.6 is 0 Å². The van der Waals surface area contributed by atoms with E-state index in [0.29, 0.717) is 0 Å². The van der Waals surface area contributed by atoms with Gasteiger partial charge in [-0.3, -0.25) is 20.4 Å². The first kappa shape index (κ1) is 14.3. The molecule has 8 N–H and O–H groups in total. The number of aliphatic carboxylic acids is 2. The van der Waals surface area contributed by atoms with E-state index in [2.05, 4.69) is 11.7 Å². The number of nitrogens with one attached hydrogen (secondary N) is 2. The second kappa shape index (κ2) is 7.45. The number of rotatable bonds is 0. The van der Waals surface area contributed by atoms with Crippen LogP contribution in [0.1, 0.15) is 0 Å².